The largest absolute Gasteiger partial charge is 0.352 e. The van der Waals surface area contributed by atoms with Gasteiger partial charge >= 0.3 is 0 Å². The molecular weight excluding hydrogens is 219 g/mol. The number of hydrogen-bond acceptors (Lipinski definition) is 2. The highest BCUT2D eigenvalue weighted by Crippen LogP contribution is 2.20. The average molecular weight is 227 g/mol. The molecule has 0 spiro atoms. The topological polar surface area (TPSA) is 26.3 Å². The molecule has 2 nitrogen and oxygen atoms in total. The van der Waals surface area contributed by atoms with E-state index >= 15 is 0 Å². The van der Waals surface area contributed by atoms with Gasteiger partial charge < -0.3 is 4.74 Å². The molecule has 1 unspecified atom stereocenters. The summed E-state index contributed by atoms with van der Waals surface area (Å²) in [6.07, 6.45) is 4.05. The minimum atomic E-state index is -0.941. The first-order valence-corrected chi connectivity index (χ1v) is 4.53. The van der Waals surface area contributed by atoms with Gasteiger partial charge in [-0.2, -0.15) is 0 Å². The third kappa shape index (κ3) is 3.35. The lowest BCUT2D eigenvalue weighted by molar-refractivity contribution is -0.121. The van der Waals surface area contributed by atoms with E-state index in [0.29, 0.717) is 5.56 Å². The molecule has 0 aliphatic carbocycles. The third-order valence-electron chi connectivity index (χ3n) is 1.71. The highest BCUT2D eigenvalue weighted by Gasteiger charge is 2.18. The number of carbonyl (C=O) groups excluding carboxylic acids is 1. The van der Waals surface area contributed by atoms with Gasteiger partial charge in [0.2, 0.25) is 0 Å². The summed E-state index contributed by atoms with van der Waals surface area (Å²) in [5.41, 5.74) is 0.478. The quantitative estimate of drug-likeness (QED) is 0.582. The van der Waals surface area contributed by atoms with Crippen molar-refractivity contribution in [1.82, 2.24) is 0 Å². The van der Waals surface area contributed by atoms with Crippen LogP contribution in [0.15, 0.2) is 24.3 Å². The van der Waals surface area contributed by atoms with E-state index in [0.717, 1.165) is 0 Å². The molecule has 15 heavy (non-hydrogen) atoms. The van der Waals surface area contributed by atoms with E-state index in [2.05, 4.69) is 5.92 Å². The maximum Gasteiger partial charge on any atom is 0.255 e. The lowest BCUT2D eigenvalue weighted by Crippen LogP contribution is -2.11. The van der Waals surface area contributed by atoms with Crippen LogP contribution in [0.25, 0.3) is 0 Å². The van der Waals surface area contributed by atoms with Crippen LogP contribution >= 0.6 is 11.6 Å². The second kappa shape index (κ2) is 5.50. The number of carbonyl (C=O) groups is 1. The van der Waals surface area contributed by atoms with Gasteiger partial charge in [-0.15, -0.1) is 6.42 Å². The summed E-state index contributed by atoms with van der Waals surface area (Å²) in [6.45, 7) is -0.0273. The number of rotatable bonds is 4. The summed E-state index contributed by atoms with van der Waals surface area (Å²) < 4.78 is 17.7. The molecule has 0 saturated heterocycles. The standard InChI is InChI=1S/C11H8ClFO2/c1-2-7-15-10(11(12)14)8-3-5-9(13)6-4-8/h1,3-6,10H,7H2. The average Bonchev–Trinajstić information content (AvgIpc) is 2.21. The van der Waals surface area contributed by atoms with Crippen molar-refractivity contribution in [2.24, 2.45) is 0 Å². The van der Waals surface area contributed by atoms with Gasteiger partial charge in [0.25, 0.3) is 5.24 Å². The zero-order valence-electron chi connectivity index (χ0n) is 7.74. The van der Waals surface area contributed by atoms with Gasteiger partial charge in [-0.25, -0.2) is 4.39 Å². The number of hydrogen-bond donors (Lipinski definition) is 0. The Labute approximate surface area is 92.0 Å². The first-order valence-electron chi connectivity index (χ1n) is 4.15. The predicted molar refractivity (Wildman–Crippen MR) is 54.8 cm³/mol. The second-order valence-electron chi connectivity index (χ2n) is 2.75. The minimum absolute atomic E-state index is 0.0273. The molecule has 0 aromatic heterocycles. The second-order valence-corrected chi connectivity index (χ2v) is 3.12. The molecule has 0 amide bonds. The Morgan fingerprint density at radius 3 is 2.60 bits per heavy atom. The van der Waals surface area contributed by atoms with Gasteiger partial charge in [0.15, 0.2) is 6.10 Å². The van der Waals surface area contributed by atoms with E-state index in [-0.39, 0.29) is 6.61 Å². The van der Waals surface area contributed by atoms with E-state index < -0.39 is 17.2 Å². The molecule has 0 heterocycles. The number of benzene rings is 1. The molecule has 78 valence electrons. The van der Waals surface area contributed by atoms with Gasteiger partial charge in [-0.1, -0.05) is 18.1 Å². The summed E-state index contributed by atoms with van der Waals surface area (Å²) >= 11 is 5.33. The molecule has 0 aliphatic heterocycles. The van der Waals surface area contributed by atoms with Crippen LogP contribution < -0.4 is 0 Å². The summed E-state index contributed by atoms with van der Waals surface area (Å²) in [6, 6.07) is 5.30. The Balaban J connectivity index is 2.85. The smallest absolute Gasteiger partial charge is 0.255 e. The van der Waals surface area contributed by atoms with Crippen LogP contribution in [0.5, 0.6) is 0 Å². The lowest BCUT2D eigenvalue weighted by atomic mass is 10.1. The van der Waals surface area contributed by atoms with E-state index in [9.17, 15) is 9.18 Å². The summed E-state index contributed by atoms with van der Waals surface area (Å²) in [5.74, 6) is 1.83. The SMILES string of the molecule is C#CCOC(C(=O)Cl)c1ccc(F)cc1. The van der Waals surface area contributed by atoms with Crippen molar-refractivity contribution >= 4 is 16.8 Å². The summed E-state index contributed by atoms with van der Waals surface area (Å²) in [7, 11) is 0. The van der Waals surface area contributed by atoms with E-state index in [1.54, 1.807) is 0 Å². The molecule has 4 heteroatoms. The van der Waals surface area contributed by atoms with Crippen molar-refractivity contribution in [1.29, 1.82) is 0 Å². The highest BCUT2D eigenvalue weighted by molar-refractivity contribution is 6.64. The minimum Gasteiger partial charge on any atom is -0.352 e. The third-order valence-corrected chi connectivity index (χ3v) is 1.91. The molecule has 0 bridgehead atoms. The molecule has 1 aromatic carbocycles. The van der Waals surface area contributed by atoms with Crippen molar-refractivity contribution in [3.05, 3.63) is 35.6 Å². The zero-order valence-corrected chi connectivity index (χ0v) is 8.50. The highest BCUT2D eigenvalue weighted by atomic mass is 35.5. The van der Waals surface area contributed by atoms with Gasteiger partial charge in [-0.05, 0) is 29.3 Å². The molecule has 0 radical (unpaired) electrons. The van der Waals surface area contributed by atoms with Gasteiger partial charge in [0.05, 0.1) is 0 Å². The van der Waals surface area contributed by atoms with E-state index in [4.69, 9.17) is 22.8 Å². The molecule has 0 fully saturated rings. The van der Waals surface area contributed by atoms with Crippen LogP contribution in [0.1, 0.15) is 11.7 Å². The number of terminal acetylenes is 1. The zero-order chi connectivity index (χ0) is 11.3. The fourth-order valence-corrected chi connectivity index (χ4v) is 1.25. The first kappa shape index (κ1) is 11.7. The van der Waals surface area contributed by atoms with Crippen LogP contribution in [0.3, 0.4) is 0 Å². The molecule has 1 atom stereocenters. The predicted octanol–water partition coefficient (Wildman–Crippen LogP) is 2.28. The molecule has 0 N–H and O–H groups in total. The van der Waals surface area contributed by atoms with Crippen molar-refractivity contribution in [2.75, 3.05) is 6.61 Å². The van der Waals surface area contributed by atoms with Crippen molar-refractivity contribution in [2.45, 2.75) is 6.10 Å². The number of halogens is 2. The first-order chi connectivity index (χ1) is 7.15. The summed E-state index contributed by atoms with van der Waals surface area (Å²) in [5, 5.41) is -0.683. The van der Waals surface area contributed by atoms with Crippen LogP contribution in [0, 0.1) is 18.2 Å². The van der Waals surface area contributed by atoms with Crippen LogP contribution in [-0.4, -0.2) is 11.8 Å². The van der Waals surface area contributed by atoms with E-state index in [1.807, 2.05) is 0 Å². The van der Waals surface area contributed by atoms with Gasteiger partial charge in [-0.3, -0.25) is 4.79 Å². The Morgan fingerprint density at radius 1 is 1.53 bits per heavy atom. The Kier molecular flexibility index (Phi) is 4.29. The van der Waals surface area contributed by atoms with E-state index in [1.165, 1.54) is 24.3 Å². The van der Waals surface area contributed by atoms with Crippen LogP contribution in [0.4, 0.5) is 4.39 Å². The van der Waals surface area contributed by atoms with Crippen LogP contribution in [-0.2, 0) is 9.53 Å². The van der Waals surface area contributed by atoms with Crippen molar-refractivity contribution < 1.29 is 13.9 Å². The van der Waals surface area contributed by atoms with Crippen molar-refractivity contribution in [3.63, 3.8) is 0 Å². The normalized spacial score (nSPS) is 11.8. The maximum atomic E-state index is 12.6. The molecule has 0 saturated carbocycles. The Morgan fingerprint density at radius 2 is 2.13 bits per heavy atom. The fourth-order valence-electron chi connectivity index (χ4n) is 1.06. The van der Waals surface area contributed by atoms with Gasteiger partial charge in [0.1, 0.15) is 12.4 Å². The van der Waals surface area contributed by atoms with Gasteiger partial charge in [0, 0.05) is 0 Å². The molecular formula is C11H8ClFO2. The monoisotopic (exact) mass is 226 g/mol. The number of ether oxygens (including phenoxy) is 1. The maximum absolute atomic E-state index is 12.6. The summed E-state index contributed by atoms with van der Waals surface area (Å²) in [4.78, 5) is 11.0. The Bertz CT molecular complexity index is 381. The molecule has 0 aliphatic rings. The lowest BCUT2D eigenvalue weighted by Gasteiger charge is -2.11. The fraction of sp³-hybridized carbons (Fsp3) is 0.182. The Hall–Kier alpha value is -1.37. The molecule has 1 rings (SSSR count). The van der Waals surface area contributed by atoms with Crippen LogP contribution in [0.2, 0.25) is 0 Å². The van der Waals surface area contributed by atoms with Crippen molar-refractivity contribution in [3.8, 4) is 12.3 Å². The molecule has 1 aromatic rings.